The Labute approximate surface area is 127 Å². The first-order valence-electron chi connectivity index (χ1n) is 7.07. The lowest BCUT2D eigenvalue weighted by atomic mass is 10.2. The molecule has 1 fully saturated rings. The molecule has 0 spiro atoms. The maximum atomic E-state index is 11.8. The number of carbonyl (C=O) groups is 1. The molecule has 2 aromatic heterocycles. The van der Waals surface area contributed by atoms with Crippen molar-refractivity contribution in [1.29, 1.82) is 0 Å². The van der Waals surface area contributed by atoms with Gasteiger partial charge in [-0.25, -0.2) is 4.98 Å². The minimum absolute atomic E-state index is 0.00147. The molecule has 110 valence electrons. The van der Waals surface area contributed by atoms with Crippen LogP contribution in [-0.2, 0) is 16.0 Å². The molecular formula is C15H17N3O2S. The minimum Gasteiger partial charge on any atom is -0.368 e. The zero-order valence-corrected chi connectivity index (χ0v) is 12.4. The van der Waals surface area contributed by atoms with Crippen molar-refractivity contribution in [3.05, 3.63) is 34.9 Å². The van der Waals surface area contributed by atoms with E-state index in [2.05, 4.69) is 15.3 Å². The predicted octanol–water partition coefficient (Wildman–Crippen LogP) is 2.04. The molecular weight excluding hydrogens is 286 g/mol. The Morgan fingerprint density at radius 3 is 3.05 bits per heavy atom. The monoisotopic (exact) mass is 303 g/mol. The molecule has 1 aliphatic rings. The van der Waals surface area contributed by atoms with Gasteiger partial charge in [0.15, 0.2) is 0 Å². The number of hydrogen-bond acceptors (Lipinski definition) is 5. The second kappa shape index (κ2) is 6.78. The molecule has 0 radical (unpaired) electrons. The van der Waals surface area contributed by atoms with E-state index in [1.54, 1.807) is 23.7 Å². The van der Waals surface area contributed by atoms with Crippen LogP contribution in [0.15, 0.2) is 29.9 Å². The van der Waals surface area contributed by atoms with Crippen LogP contribution < -0.4 is 5.32 Å². The summed E-state index contributed by atoms with van der Waals surface area (Å²) < 4.78 is 5.35. The number of carbonyl (C=O) groups excluding carboxylic acids is 1. The van der Waals surface area contributed by atoms with Crippen molar-refractivity contribution in [2.75, 3.05) is 13.2 Å². The number of amides is 1. The Bertz CT molecular complexity index is 594. The SMILES string of the molecule is O=C(NCCc1nc(-c2ccncc2)cs1)C1CCCO1. The molecule has 6 heteroatoms. The Morgan fingerprint density at radius 1 is 1.43 bits per heavy atom. The lowest BCUT2D eigenvalue weighted by Crippen LogP contribution is -2.35. The molecule has 1 unspecified atom stereocenters. The first-order valence-corrected chi connectivity index (χ1v) is 7.95. The summed E-state index contributed by atoms with van der Waals surface area (Å²) in [5, 5.41) is 5.97. The summed E-state index contributed by atoms with van der Waals surface area (Å²) >= 11 is 1.61. The molecule has 1 atom stereocenters. The van der Waals surface area contributed by atoms with Gasteiger partial charge in [-0.2, -0.15) is 0 Å². The number of hydrogen-bond donors (Lipinski definition) is 1. The number of nitrogens with zero attached hydrogens (tertiary/aromatic N) is 2. The van der Waals surface area contributed by atoms with E-state index in [0.29, 0.717) is 13.2 Å². The van der Waals surface area contributed by atoms with Crippen molar-refractivity contribution in [3.63, 3.8) is 0 Å². The van der Waals surface area contributed by atoms with Gasteiger partial charge in [0.25, 0.3) is 0 Å². The van der Waals surface area contributed by atoms with Gasteiger partial charge in [0.05, 0.1) is 10.7 Å². The molecule has 2 aromatic rings. The van der Waals surface area contributed by atoms with Crippen molar-refractivity contribution in [3.8, 4) is 11.3 Å². The average molecular weight is 303 g/mol. The van der Waals surface area contributed by atoms with Gasteiger partial charge in [0.2, 0.25) is 5.91 Å². The molecule has 1 aliphatic heterocycles. The Balaban J connectivity index is 1.50. The highest BCUT2D eigenvalue weighted by Crippen LogP contribution is 2.21. The molecule has 0 aliphatic carbocycles. The Hall–Kier alpha value is -1.79. The van der Waals surface area contributed by atoms with Crippen LogP contribution in [0.1, 0.15) is 17.8 Å². The molecule has 0 bridgehead atoms. The van der Waals surface area contributed by atoms with E-state index in [4.69, 9.17) is 4.74 Å². The van der Waals surface area contributed by atoms with Crippen LogP contribution in [0.2, 0.25) is 0 Å². The summed E-state index contributed by atoms with van der Waals surface area (Å²) in [5.41, 5.74) is 2.03. The quantitative estimate of drug-likeness (QED) is 0.918. The van der Waals surface area contributed by atoms with E-state index in [-0.39, 0.29) is 12.0 Å². The number of aromatic nitrogens is 2. The van der Waals surface area contributed by atoms with Gasteiger partial charge in [-0.3, -0.25) is 9.78 Å². The topological polar surface area (TPSA) is 64.1 Å². The Morgan fingerprint density at radius 2 is 2.29 bits per heavy atom. The van der Waals surface area contributed by atoms with Crippen molar-refractivity contribution >= 4 is 17.2 Å². The zero-order chi connectivity index (χ0) is 14.5. The highest BCUT2D eigenvalue weighted by Gasteiger charge is 2.22. The van der Waals surface area contributed by atoms with Crippen molar-refractivity contribution in [2.24, 2.45) is 0 Å². The third-order valence-electron chi connectivity index (χ3n) is 3.39. The first-order chi connectivity index (χ1) is 10.3. The molecule has 1 saturated heterocycles. The zero-order valence-electron chi connectivity index (χ0n) is 11.6. The predicted molar refractivity (Wildman–Crippen MR) is 81.0 cm³/mol. The molecule has 3 heterocycles. The lowest BCUT2D eigenvalue weighted by Gasteiger charge is -2.09. The van der Waals surface area contributed by atoms with E-state index in [1.165, 1.54) is 0 Å². The van der Waals surface area contributed by atoms with Gasteiger partial charge in [0.1, 0.15) is 6.10 Å². The standard InChI is InChI=1S/C15H17N3O2S/c19-15(13-2-1-9-20-13)17-8-5-14-18-12(10-21-14)11-3-6-16-7-4-11/h3-4,6-7,10,13H,1-2,5,8-9H2,(H,17,19). The van der Waals surface area contributed by atoms with Crippen LogP contribution in [-0.4, -0.2) is 35.1 Å². The molecule has 5 nitrogen and oxygen atoms in total. The highest BCUT2D eigenvalue weighted by molar-refractivity contribution is 7.09. The van der Waals surface area contributed by atoms with Gasteiger partial charge >= 0.3 is 0 Å². The normalized spacial score (nSPS) is 17.8. The molecule has 1 N–H and O–H groups in total. The second-order valence-corrected chi connectivity index (χ2v) is 5.85. The van der Waals surface area contributed by atoms with Crippen LogP contribution in [0.25, 0.3) is 11.3 Å². The maximum absolute atomic E-state index is 11.8. The van der Waals surface area contributed by atoms with Crippen LogP contribution in [0.5, 0.6) is 0 Å². The summed E-state index contributed by atoms with van der Waals surface area (Å²) in [7, 11) is 0. The van der Waals surface area contributed by atoms with Crippen LogP contribution >= 0.6 is 11.3 Å². The van der Waals surface area contributed by atoms with Crippen LogP contribution in [0.3, 0.4) is 0 Å². The van der Waals surface area contributed by atoms with Gasteiger partial charge in [-0.1, -0.05) is 0 Å². The van der Waals surface area contributed by atoms with E-state index in [1.807, 2.05) is 17.5 Å². The molecule has 0 saturated carbocycles. The number of nitrogens with one attached hydrogen (secondary N) is 1. The van der Waals surface area contributed by atoms with Crippen LogP contribution in [0.4, 0.5) is 0 Å². The summed E-state index contributed by atoms with van der Waals surface area (Å²) in [6.07, 6.45) is 5.81. The summed E-state index contributed by atoms with van der Waals surface area (Å²) in [6.45, 7) is 1.29. The van der Waals surface area contributed by atoms with Gasteiger partial charge in [0, 0.05) is 42.9 Å². The van der Waals surface area contributed by atoms with Crippen molar-refractivity contribution < 1.29 is 9.53 Å². The average Bonchev–Trinajstić information content (AvgIpc) is 3.20. The van der Waals surface area contributed by atoms with E-state index >= 15 is 0 Å². The molecule has 3 rings (SSSR count). The molecule has 0 aromatic carbocycles. The number of pyridine rings is 1. The van der Waals surface area contributed by atoms with Crippen molar-refractivity contribution in [1.82, 2.24) is 15.3 Å². The van der Waals surface area contributed by atoms with Crippen LogP contribution in [0, 0.1) is 0 Å². The molecule has 21 heavy (non-hydrogen) atoms. The fraction of sp³-hybridized carbons (Fsp3) is 0.400. The first kappa shape index (κ1) is 14.2. The number of thiazole rings is 1. The van der Waals surface area contributed by atoms with E-state index in [0.717, 1.165) is 35.5 Å². The van der Waals surface area contributed by atoms with E-state index in [9.17, 15) is 4.79 Å². The fourth-order valence-electron chi connectivity index (χ4n) is 2.27. The minimum atomic E-state index is -0.256. The summed E-state index contributed by atoms with van der Waals surface area (Å²) in [4.78, 5) is 20.4. The Kier molecular flexibility index (Phi) is 4.57. The van der Waals surface area contributed by atoms with E-state index < -0.39 is 0 Å². The summed E-state index contributed by atoms with van der Waals surface area (Å²) in [5.74, 6) is -0.00147. The maximum Gasteiger partial charge on any atom is 0.249 e. The third-order valence-corrected chi connectivity index (χ3v) is 4.30. The summed E-state index contributed by atoms with van der Waals surface area (Å²) in [6, 6.07) is 3.89. The lowest BCUT2D eigenvalue weighted by molar-refractivity contribution is -0.129. The largest absolute Gasteiger partial charge is 0.368 e. The smallest absolute Gasteiger partial charge is 0.249 e. The second-order valence-electron chi connectivity index (χ2n) is 4.91. The van der Waals surface area contributed by atoms with Gasteiger partial charge in [-0.15, -0.1) is 11.3 Å². The highest BCUT2D eigenvalue weighted by atomic mass is 32.1. The third kappa shape index (κ3) is 3.65. The fourth-order valence-corrected chi connectivity index (χ4v) is 3.08. The number of rotatable bonds is 5. The van der Waals surface area contributed by atoms with Gasteiger partial charge < -0.3 is 10.1 Å². The van der Waals surface area contributed by atoms with Gasteiger partial charge in [-0.05, 0) is 25.0 Å². The van der Waals surface area contributed by atoms with Crippen molar-refractivity contribution in [2.45, 2.75) is 25.4 Å². The molecule has 1 amide bonds. The number of ether oxygens (including phenoxy) is 1.